The lowest BCUT2D eigenvalue weighted by Crippen LogP contribution is -2.02. The normalized spacial score (nSPS) is 16.1. The summed E-state index contributed by atoms with van der Waals surface area (Å²) in [6.45, 7) is 1.96. The maximum Gasteiger partial charge on any atom is 0.0948 e. The first-order valence-electron chi connectivity index (χ1n) is 5.41. The van der Waals surface area contributed by atoms with Gasteiger partial charge in [0.15, 0.2) is 0 Å². The van der Waals surface area contributed by atoms with Crippen LogP contribution in [0.4, 0.5) is 0 Å². The lowest BCUT2D eigenvalue weighted by Gasteiger charge is -2.06. The van der Waals surface area contributed by atoms with Crippen LogP contribution in [0.25, 0.3) is 0 Å². The lowest BCUT2D eigenvalue weighted by molar-refractivity contribution is 0.191. The Labute approximate surface area is 85.1 Å². The van der Waals surface area contributed by atoms with Crippen molar-refractivity contribution in [1.29, 1.82) is 0 Å². The number of imidazole rings is 1. The van der Waals surface area contributed by atoms with Crippen LogP contribution >= 0.6 is 0 Å². The highest BCUT2D eigenvalue weighted by atomic mass is 16.5. The van der Waals surface area contributed by atoms with Crippen LogP contribution < -0.4 is 0 Å². The van der Waals surface area contributed by atoms with Crippen molar-refractivity contribution in [3.8, 4) is 0 Å². The maximum absolute atomic E-state index is 5.03. The molecule has 14 heavy (non-hydrogen) atoms. The van der Waals surface area contributed by atoms with Crippen molar-refractivity contribution in [2.45, 2.75) is 38.1 Å². The van der Waals surface area contributed by atoms with E-state index in [9.17, 15) is 0 Å². The van der Waals surface area contributed by atoms with Gasteiger partial charge < -0.3 is 9.30 Å². The van der Waals surface area contributed by atoms with Crippen molar-refractivity contribution in [3.63, 3.8) is 0 Å². The summed E-state index contributed by atoms with van der Waals surface area (Å²) in [7, 11) is 1.76. The van der Waals surface area contributed by atoms with Gasteiger partial charge in [0.2, 0.25) is 0 Å². The van der Waals surface area contributed by atoms with Crippen molar-refractivity contribution < 1.29 is 4.74 Å². The highest BCUT2D eigenvalue weighted by molar-refractivity contribution is 5.12. The summed E-state index contributed by atoms with van der Waals surface area (Å²) in [5.74, 6) is 0.805. The number of rotatable bonds is 6. The van der Waals surface area contributed by atoms with Gasteiger partial charge in [-0.3, -0.25) is 0 Å². The zero-order chi connectivity index (χ0) is 9.80. The summed E-state index contributed by atoms with van der Waals surface area (Å²) in [5.41, 5.74) is 1.43. The summed E-state index contributed by atoms with van der Waals surface area (Å²) in [6, 6.07) is 0. The van der Waals surface area contributed by atoms with Crippen LogP contribution in [0.2, 0.25) is 0 Å². The molecule has 1 heterocycles. The van der Waals surface area contributed by atoms with E-state index in [4.69, 9.17) is 4.74 Å². The molecule has 0 atom stereocenters. The Morgan fingerprint density at radius 1 is 1.50 bits per heavy atom. The summed E-state index contributed by atoms with van der Waals surface area (Å²) in [4.78, 5) is 4.21. The van der Waals surface area contributed by atoms with E-state index in [1.165, 1.54) is 25.0 Å². The van der Waals surface area contributed by atoms with Gasteiger partial charge in [-0.25, -0.2) is 4.98 Å². The quantitative estimate of drug-likeness (QED) is 0.649. The topological polar surface area (TPSA) is 27.1 Å². The van der Waals surface area contributed by atoms with Crippen molar-refractivity contribution >= 4 is 0 Å². The number of aromatic nitrogens is 2. The molecule has 0 bridgehead atoms. The predicted molar refractivity (Wildman–Crippen MR) is 55.3 cm³/mol. The Hall–Kier alpha value is -0.830. The Kier molecular flexibility index (Phi) is 3.19. The van der Waals surface area contributed by atoms with Crippen LogP contribution in [0.1, 0.15) is 37.3 Å². The van der Waals surface area contributed by atoms with Crippen LogP contribution in [-0.4, -0.2) is 23.3 Å². The highest BCUT2D eigenvalue weighted by Gasteiger charge is 2.26. The molecule has 3 nitrogen and oxygen atoms in total. The Morgan fingerprint density at radius 2 is 2.36 bits per heavy atom. The van der Waals surface area contributed by atoms with Gasteiger partial charge in [0.25, 0.3) is 0 Å². The number of hydrogen-bond donors (Lipinski definition) is 0. The van der Waals surface area contributed by atoms with Gasteiger partial charge in [-0.2, -0.15) is 0 Å². The molecular formula is C11H18N2O. The summed E-state index contributed by atoms with van der Waals surface area (Å²) < 4.78 is 7.33. The van der Waals surface area contributed by atoms with Crippen molar-refractivity contribution in [2.24, 2.45) is 0 Å². The molecule has 0 unspecified atom stereocenters. The molecule has 0 saturated heterocycles. The number of methoxy groups -OCH3 is 1. The van der Waals surface area contributed by atoms with Gasteiger partial charge in [-0.05, 0) is 25.7 Å². The molecule has 0 amide bonds. The zero-order valence-corrected chi connectivity index (χ0v) is 8.78. The molecule has 0 aliphatic heterocycles. The molecule has 78 valence electrons. The summed E-state index contributed by atoms with van der Waals surface area (Å²) >= 11 is 0. The molecule has 1 aromatic heterocycles. The molecule has 1 aliphatic rings. The van der Waals surface area contributed by atoms with E-state index in [2.05, 4.69) is 9.55 Å². The van der Waals surface area contributed by atoms with Gasteiger partial charge in [0, 0.05) is 38.1 Å². The molecule has 0 spiro atoms. The van der Waals surface area contributed by atoms with Crippen LogP contribution in [0.3, 0.4) is 0 Å². The molecule has 3 heteroatoms. The minimum atomic E-state index is 0.805. The van der Waals surface area contributed by atoms with Crippen LogP contribution in [0.15, 0.2) is 12.5 Å². The minimum Gasteiger partial charge on any atom is -0.385 e. The monoisotopic (exact) mass is 194 g/mol. The van der Waals surface area contributed by atoms with Gasteiger partial charge in [-0.1, -0.05) is 0 Å². The van der Waals surface area contributed by atoms with E-state index in [1.807, 2.05) is 12.5 Å². The molecule has 0 radical (unpaired) electrons. The first-order chi connectivity index (χ1) is 6.92. The van der Waals surface area contributed by atoms with Crippen molar-refractivity contribution in [3.05, 3.63) is 18.2 Å². The second kappa shape index (κ2) is 4.60. The zero-order valence-electron chi connectivity index (χ0n) is 8.78. The van der Waals surface area contributed by atoms with Crippen molar-refractivity contribution in [2.75, 3.05) is 13.7 Å². The molecule has 2 rings (SSSR count). The molecule has 1 saturated carbocycles. The largest absolute Gasteiger partial charge is 0.385 e. The molecule has 1 fully saturated rings. The smallest absolute Gasteiger partial charge is 0.0948 e. The standard InChI is InChI=1S/C11H18N2O/c1-14-7-3-2-6-13-9-12-8-11(13)10-4-5-10/h8-10H,2-7H2,1H3. The minimum absolute atomic E-state index is 0.805. The number of nitrogens with zero attached hydrogens (tertiary/aromatic N) is 2. The van der Waals surface area contributed by atoms with Gasteiger partial charge >= 0.3 is 0 Å². The van der Waals surface area contributed by atoms with Gasteiger partial charge in [0.1, 0.15) is 0 Å². The fourth-order valence-corrected chi connectivity index (χ4v) is 1.77. The van der Waals surface area contributed by atoms with Crippen LogP contribution in [0, 0.1) is 0 Å². The lowest BCUT2D eigenvalue weighted by atomic mass is 10.3. The molecule has 0 aromatic carbocycles. The van der Waals surface area contributed by atoms with E-state index in [-0.39, 0.29) is 0 Å². The predicted octanol–water partition coefficient (Wildman–Crippen LogP) is 2.19. The number of ether oxygens (including phenoxy) is 1. The molecular weight excluding hydrogens is 176 g/mol. The molecule has 1 aliphatic carbocycles. The Balaban J connectivity index is 1.80. The fraction of sp³-hybridized carbons (Fsp3) is 0.727. The van der Waals surface area contributed by atoms with E-state index in [1.54, 1.807) is 7.11 Å². The summed E-state index contributed by atoms with van der Waals surface area (Å²) in [6.07, 6.45) is 9.00. The maximum atomic E-state index is 5.03. The average molecular weight is 194 g/mol. The number of aryl methyl sites for hydroxylation is 1. The molecule has 1 aromatic rings. The SMILES string of the molecule is COCCCCn1cncc1C1CC1. The Bertz CT molecular complexity index is 279. The Morgan fingerprint density at radius 3 is 3.07 bits per heavy atom. The third kappa shape index (κ3) is 2.35. The van der Waals surface area contributed by atoms with E-state index in [0.717, 1.165) is 25.5 Å². The fourth-order valence-electron chi connectivity index (χ4n) is 1.77. The number of unbranched alkanes of at least 4 members (excludes halogenated alkanes) is 1. The first kappa shape index (κ1) is 9.71. The van der Waals surface area contributed by atoms with Gasteiger partial charge in [0.05, 0.1) is 6.33 Å². The second-order valence-electron chi connectivity index (χ2n) is 3.99. The van der Waals surface area contributed by atoms with Crippen LogP contribution in [0.5, 0.6) is 0 Å². The molecule has 0 N–H and O–H groups in total. The average Bonchev–Trinajstić information content (AvgIpc) is 2.94. The third-order valence-electron chi connectivity index (χ3n) is 2.74. The summed E-state index contributed by atoms with van der Waals surface area (Å²) in [5, 5.41) is 0. The second-order valence-corrected chi connectivity index (χ2v) is 3.99. The number of hydrogen-bond acceptors (Lipinski definition) is 2. The van der Waals surface area contributed by atoms with Gasteiger partial charge in [-0.15, -0.1) is 0 Å². The third-order valence-corrected chi connectivity index (χ3v) is 2.74. The van der Waals surface area contributed by atoms with Crippen LogP contribution in [-0.2, 0) is 11.3 Å². The van der Waals surface area contributed by atoms with Crippen molar-refractivity contribution in [1.82, 2.24) is 9.55 Å². The first-order valence-corrected chi connectivity index (χ1v) is 5.41. The van der Waals surface area contributed by atoms with E-state index in [0.29, 0.717) is 0 Å². The van der Waals surface area contributed by atoms with E-state index >= 15 is 0 Å². The van der Waals surface area contributed by atoms with E-state index < -0.39 is 0 Å². The highest BCUT2D eigenvalue weighted by Crippen LogP contribution is 2.39.